The summed E-state index contributed by atoms with van der Waals surface area (Å²) >= 11 is 3.43. The van der Waals surface area contributed by atoms with Crippen molar-refractivity contribution in [3.63, 3.8) is 0 Å². The molecule has 10 nitrogen and oxygen atoms in total. The average Bonchev–Trinajstić information content (AvgIpc) is 2.92. The molecule has 0 fully saturated rings. The minimum atomic E-state index is -4.03. The predicted octanol–water partition coefficient (Wildman–Crippen LogP) is 4.29. The summed E-state index contributed by atoms with van der Waals surface area (Å²) in [6.07, 6.45) is 1.82. The largest absolute Gasteiger partial charge is 0.354 e. The summed E-state index contributed by atoms with van der Waals surface area (Å²) in [5.41, 5.74) is 1.21. The highest BCUT2D eigenvalue weighted by Crippen LogP contribution is 2.24. The Kier molecular flexibility index (Phi) is 10.8. The monoisotopic (exact) mass is 630 g/mol. The van der Waals surface area contributed by atoms with Gasteiger partial charge >= 0.3 is 0 Å². The molecule has 0 spiro atoms. The zero-order valence-electron chi connectivity index (χ0n) is 22.2. The van der Waals surface area contributed by atoms with Crippen molar-refractivity contribution in [3.8, 4) is 0 Å². The van der Waals surface area contributed by atoms with E-state index < -0.39 is 33.4 Å². The Hall–Kier alpha value is -3.77. The minimum Gasteiger partial charge on any atom is -0.354 e. The lowest BCUT2D eigenvalue weighted by molar-refractivity contribution is -0.384. The molecule has 12 heteroatoms. The number of anilines is 1. The molecule has 3 rings (SSSR count). The van der Waals surface area contributed by atoms with Crippen molar-refractivity contribution in [2.45, 2.75) is 32.4 Å². The normalized spacial score (nSPS) is 11.9. The van der Waals surface area contributed by atoms with Crippen molar-refractivity contribution in [1.29, 1.82) is 0 Å². The first-order valence-corrected chi connectivity index (χ1v) is 15.2. The Morgan fingerprint density at radius 2 is 1.68 bits per heavy atom. The summed E-state index contributed by atoms with van der Waals surface area (Å²) < 4.78 is 27.2. The Morgan fingerprint density at radius 1 is 1.00 bits per heavy atom. The molecule has 0 bridgehead atoms. The molecule has 0 radical (unpaired) electrons. The molecule has 2 amide bonds. The molecule has 0 heterocycles. The molecule has 3 aromatic carbocycles. The quantitative estimate of drug-likeness (QED) is 0.221. The number of amides is 2. The van der Waals surface area contributed by atoms with Crippen LogP contribution in [0.1, 0.15) is 24.5 Å². The minimum absolute atomic E-state index is 0.0255. The third-order valence-corrected chi connectivity index (χ3v) is 7.70. The fourth-order valence-corrected chi connectivity index (χ4v) is 5.42. The first kappa shape index (κ1) is 30.8. The first-order chi connectivity index (χ1) is 19.0. The van der Waals surface area contributed by atoms with Crippen LogP contribution in [0.3, 0.4) is 0 Å². The highest BCUT2D eigenvalue weighted by Gasteiger charge is 2.33. The molecule has 0 saturated carbocycles. The summed E-state index contributed by atoms with van der Waals surface area (Å²) in [4.78, 5) is 39.5. The zero-order chi connectivity index (χ0) is 29.3. The van der Waals surface area contributed by atoms with Crippen LogP contribution in [-0.4, -0.2) is 55.4 Å². The Labute approximate surface area is 242 Å². The van der Waals surface area contributed by atoms with E-state index in [9.17, 15) is 28.1 Å². The van der Waals surface area contributed by atoms with Crippen LogP contribution < -0.4 is 9.62 Å². The number of nitro benzene ring substituents is 1. The van der Waals surface area contributed by atoms with Gasteiger partial charge in [-0.05, 0) is 35.7 Å². The standard InChI is InChI=1S/C28H31BrN4O6S/c1-3-15-30-28(35)26(17-21-9-5-4-6-10-21)31(19-22-11-7-12-23(29)16-22)27(34)20-32(40(2,38)39)24-13-8-14-25(18-24)33(36)37/h4-14,16,18,26H,3,15,17,19-20H2,1-2H3,(H,30,35)/t26-/m1/s1. The van der Waals surface area contributed by atoms with E-state index >= 15 is 0 Å². The Balaban J connectivity index is 2.06. The van der Waals surface area contributed by atoms with Gasteiger partial charge in [-0.15, -0.1) is 0 Å². The van der Waals surface area contributed by atoms with Gasteiger partial charge in [0.2, 0.25) is 21.8 Å². The molecule has 0 unspecified atom stereocenters. The first-order valence-electron chi connectivity index (χ1n) is 12.6. The van der Waals surface area contributed by atoms with Gasteiger partial charge in [0, 0.05) is 36.1 Å². The maximum atomic E-state index is 14.0. The fraction of sp³-hybridized carbons (Fsp3) is 0.286. The highest BCUT2D eigenvalue weighted by molar-refractivity contribution is 9.10. The molecular weight excluding hydrogens is 600 g/mol. The second-order valence-corrected chi connectivity index (χ2v) is 12.0. The summed E-state index contributed by atoms with van der Waals surface area (Å²) in [5, 5.41) is 14.2. The van der Waals surface area contributed by atoms with E-state index in [0.29, 0.717) is 13.0 Å². The smallest absolute Gasteiger partial charge is 0.271 e. The van der Waals surface area contributed by atoms with E-state index in [1.54, 1.807) is 6.07 Å². The van der Waals surface area contributed by atoms with Crippen molar-refractivity contribution < 1.29 is 22.9 Å². The van der Waals surface area contributed by atoms with Gasteiger partial charge in [0.15, 0.2) is 0 Å². The molecule has 0 aromatic heterocycles. The van der Waals surface area contributed by atoms with Crippen LogP contribution in [0.5, 0.6) is 0 Å². The maximum absolute atomic E-state index is 14.0. The van der Waals surface area contributed by atoms with Crippen LogP contribution in [0.15, 0.2) is 83.3 Å². The van der Waals surface area contributed by atoms with E-state index in [2.05, 4.69) is 21.2 Å². The number of hydrogen-bond donors (Lipinski definition) is 1. The van der Waals surface area contributed by atoms with Gasteiger partial charge in [-0.1, -0.05) is 71.4 Å². The van der Waals surface area contributed by atoms with E-state index in [1.807, 2.05) is 55.5 Å². The van der Waals surface area contributed by atoms with Crippen LogP contribution in [0, 0.1) is 10.1 Å². The van der Waals surface area contributed by atoms with Crippen LogP contribution in [-0.2, 0) is 32.6 Å². The van der Waals surface area contributed by atoms with Crippen molar-refractivity contribution in [2.75, 3.05) is 23.7 Å². The van der Waals surface area contributed by atoms with Crippen LogP contribution >= 0.6 is 15.9 Å². The van der Waals surface area contributed by atoms with Gasteiger partial charge in [-0.3, -0.25) is 24.0 Å². The molecular formula is C28H31BrN4O6S. The average molecular weight is 632 g/mol. The van der Waals surface area contributed by atoms with Crippen LogP contribution in [0.4, 0.5) is 11.4 Å². The number of hydrogen-bond acceptors (Lipinski definition) is 6. The van der Waals surface area contributed by atoms with Gasteiger partial charge in [-0.2, -0.15) is 0 Å². The van der Waals surface area contributed by atoms with Crippen molar-refractivity contribution in [3.05, 3.63) is 105 Å². The van der Waals surface area contributed by atoms with E-state index in [1.165, 1.54) is 23.1 Å². The van der Waals surface area contributed by atoms with Crippen molar-refractivity contribution >= 4 is 49.1 Å². The van der Waals surface area contributed by atoms with Gasteiger partial charge in [-0.25, -0.2) is 8.42 Å². The fourth-order valence-electron chi connectivity index (χ4n) is 4.13. The second kappa shape index (κ2) is 14.0. The predicted molar refractivity (Wildman–Crippen MR) is 157 cm³/mol. The lowest BCUT2D eigenvalue weighted by atomic mass is 10.0. The topological polar surface area (TPSA) is 130 Å². The highest BCUT2D eigenvalue weighted by atomic mass is 79.9. The van der Waals surface area contributed by atoms with Crippen LogP contribution in [0.25, 0.3) is 0 Å². The summed E-state index contributed by atoms with van der Waals surface area (Å²) in [7, 11) is -4.03. The van der Waals surface area contributed by atoms with Crippen molar-refractivity contribution in [2.24, 2.45) is 0 Å². The van der Waals surface area contributed by atoms with Gasteiger partial charge in [0.05, 0.1) is 16.9 Å². The van der Waals surface area contributed by atoms with E-state index in [4.69, 9.17) is 0 Å². The van der Waals surface area contributed by atoms with Gasteiger partial charge in [0.25, 0.3) is 5.69 Å². The van der Waals surface area contributed by atoms with Crippen LogP contribution in [0.2, 0.25) is 0 Å². The third kappa shape index (κ3) is 8.62. The number of carbonyl (C=O) groups excluding carboxylic acids is 2. The lowest BCUT2D eigenvalue weighted by Crippen LogP contribution is -2.53. The number of sulfonamides is 1. The number of benzene rings is 3. The SMILES string of the molecule is CCCNC(=O)[C@@H](Cc1ccccc1)N(Cc1cccc(Br)c1)C(=O)CN(c1cccc([N+](=O)[O-])c1)S(C)(=O)=O. The number of rotatable bonds is 13. The summed E-state index contributed by atoms with van der Waals surface area (Å²) in [5.74, 6) is -1.00. The van der Waals surface area contributed by atoms with E-state index in [0.717, 1.165) is 32.2 Å². The van der Waals surface area contributed by atoms with Gasteiger partial charge in [0.1, 0.15) is 12.6 Å². The number of nitro groups is 1. The molecule has 0 aliphatic rings. The number of non-ortho nitro benzene ring substituents is 1. The zero-order valence-corrected chi connectivity index (χ0v) is 24.6. The number of nitrogens with one attached hydrogen (secondary N) is 1. The maximum Gasteiger partial charge on any atom is 0.271 e. The third-order valence-electron chi connectivity index (χ3n) is 6.07. The molecule has 1 atom stereocenters. The van der Waals surface area contributed by atoms with Gasteiger partial charge < -0.3 is 10.2 Å². The molecule has 40 heavy (non-hydrogen) atoms. The molecule has 0 saturated heterocycles. The molecule has 0 aliphatic carbocycles. The Bertz CT molecular complexity index is 1450. The van der Waals surface area contributed by atoms with E-state index in [-0.39, 0.29) is 30.2 Å². The number of halogens is 1. The summed E-state index contributed by atoms with van der Waals surface area (Å²) in [6, 6.07) is 20.6. The number of nitrogens with zero attached hydrogens (tertiary/aromatic N) is 3. The van der Waals surface area contributed by atoms with Crippen molar-refractivity contribution in [1.82, 2.24) is 10.2 Å². The number of carbonyl (C=O) groups is 2. The molecule has 0 aliphatic heterocycles. The molecule has 1 N–H and O–H groups in total. The molecule has 212 valence electrons. The molecule has 3 aromatic rings. The Morgan fingerprint density at radius 3 is 2.30 bits per heavy atom. The summed E-state index contributed by atoms with van der Waals surface area (Å²) in [6.45, 7) is 1.70. The second-order valence-electron chi connectivity index (χ2n) is 9.19. The lowest BCUT2D eigenvalue weighted by Gasteiger charge is -2.33.